The zero-order valence-electron chi connectivity index (χ0n) is 21.4. The van der Waals surface area contributed by atoms with Gasteiger partial charge in [-0.3, -0.25) is 14.5 Å². The summed E-state index contributed by atoms with van der Waals surface area (Å²) in [7, 11) is 0. The van der Waals surface area contributed by atoms with Crippen LogP contribution < -0.4 is 9.47 Å². The molecular weight excluding hydrogens is 542 g/mol. The zero-order valence-corrected chi connectivity index (χ0v) is 23.0. The molecule has 7 heteroatoms. The highest BCUT2D eigenvalue weighted by Crippen LogP contribution is 2.37. The van der Waals surface area contributed by atoms with Gasteiger partial charge in [-0.2, -0.15) is 0 Å². The van der Waals surface area contributed by atoms with E-state index < -0.39 is 0 Å². The SMILES string of the molecule is O=C1S/C(=C\c2c(OCc3cccc4ccccc34)ccc3ccccc23)C(=O)N1CCOc1ccc(Cl)cc1. The summed E-state index contributed by atoms with van der Waals surface area (Å²) in [5, 5.41) is 4.52. The van der Waals surface area contributed by atoms with Crippen molar-refractivity contribution in [2.45, 2.75) is 6.61 Å². The van der Waals surface area contributed by atoms with Crippen molar-refractivity contribution >= 4 is 62.1 Å². The number of rotatable bonds is 8. The van der Waals surface area contributed by atoms with Crippen molar-refractivity contribution in [2.24, 2.45) is 0 Å². The highest BCUT2D eigenvalue weighted by Gasteiger charge is 2.35. The van der Waals surface area contributed by atoms with E-state index in [1.165, 1.54) is 4.90 Å². The number of carbonyl (C=O) groups is 2. The van der Waals surface area contributed by atoms with Crippen molar-refractivity contribution in [3.8, 4) is 11.5 Å². The fourth-order valence-corrected chi connectivity index (χ4v) is 5.71. The van der Waals surface area contributed by atoms with Crippen LogP contribution in [0.3, 0.4) is 0 Å². The average molecular weight is 566 g/mol. The Kier molecular flexibility index (Phi) is 7.45. The second-order valence-corrected chi connectivity index (χ2v) is 10.7. The Balaban J connectivity index is 1.25. The lowest BCUT2D eigenvalue weighted by molar-refractivity contribution is -0.123. The number of benzene rings is 5. The Morgan fingerprint density at radius 2 is 1.45 bits per heavy atom. The number of thioether (sulfide) groups is 1. The molecule has 0 spiro atoms. The first-order chi connectivity index (χ1) is 19.6. The smallest absolute Gasteiger partial charge is 0.293 e. The molecule has 5 aromatic rings. The highest BCUT2D eigenvalue weighted by atomic mass is 35.5. The summed E-state index contributed by atoms with van der Waals surface area (Å²) in [4.78, 5) is 27.6. The summed E-state index contributed by atoms with van der Waals surface area (Å²) in [6.45, 7) is 0.690. The van der Waals surface area contributed by atoms with Crippen LogP contribution in [0.2, 0.25) is 5.02 Å². The van der Waals surface area contributed by atoms with E-state index in [1.54, 1.807) is 30.3 Å². The third-order valence-electron chi connectivity index (χ3n) is 6.74. The average Bonchev–Trinajstić information content (AvgIpc) is 3.25. The molecule has 2 amide bonds. The van der Waals surface area contributed by atoms with Gasteiger partial charge in [0, 0.05) is 10.6 Å². The molecule has 0 aliphatic carbocycles. The maximum absolute atomic E-state index is 13.3. The molecule has 0 unspecified atom stereocenters. The molecule has 0 N–H and O–H groups in total. The number of fused-ring (bicyclic) bond motifs is 2. The van der Waals surface area contributed by atoms with Crippen LogP contribution in [0.1, 0.15) is 11.1 Å². The van der Waals surface area contributed by atoms with E-state index in [2.05, 4.69) is 24.3 Å². The molecule has 1 aliphatic rings. The van der Waals surface area contributed by atoms with Gasteiger partial charge in [0.1, 0.15) is 24.7 Å². The van der Waals surface area contributed by atoms with E-state index in [-0.39, 0.29) is 24.3 Å². The molecule has 1 saturated heterocycles. The number of halogens is 1. The Hall–Kier alpha value is -4.26. The Morgan fingerprint density at radius 1 is 0.750 bits per heavy atom. The standard InChI is InChI=1S/C33H24ClNO4S/c34-25-13-15-26(16-14-25)38-19-18-35-32(36)31(40-33(35)37)20-29-28-11-4-2-7-23(28)12-17-30(29)39-21-24-9-5-8-22-6-1-3-10-27(22)24/h1-17,20H,18-19,21H2/b31-20-. The summed E-state index contributed by atoms with van der Waals surface area (Å²) in [6.07, 6.45) is 1.77. The van der Waals surface area contributed by atoms with Crippen molar-refractivity contribution in [1.82, 2.24) is 4.90 Å². The van der Waals surface area contributed by atoms with E-state index in [4.69, 9.17) is 21.1 Å². The number of imide groups is 1. The third-order valence-corrected chi connectivity index (χ3v) is 7.90. The van der Waals surface area contributed by atoms with Crippen LogP contribution in [0.5, 0.6) is 11.5 Å². The summed E-state index contributed by atoms with van der Waals surface area (Å²) in [5.74, 6) is 0.919. The van der Waals surface area contributed by atoms with E-state index in [0.29, 0.717) is 28.0 Å². The van der Waals surface area contributed by atoms with Crippen molar-refractivity contribution in [2.75, 3.05) is 13.2 Å². The summed E-state index contributed by atoms with van der Waals surface area (Å²) >= 11 is 6.85. The van der Waals surface area contributed by atoms with Crippen LogP contribution in [0, 0.1) is 0 Å². The van der Waals surface area contributed by atoms with Crippen LogP contribution in [0.4, 0.5) is 4.79 Å². The number of amides is 2. The first kappa shape index (κ1) is 26.0. The molecule has 6 rings (SSSR count). The van der Waals surface area contributed by atoms with Gasteiger partial charge >= 0.3 is 0 Å². The lowest BCUT2D eigenvalue weighted by Crippen LogP contribution is -2.32. The van der Waals surface area contributed by atoms with Gasteiger partial charge in [0.05, 0.1) is 11.4 Å². The predicted molar refractivity (Wildman–Crippen MR) is 162 cm³/mol. The number of hydrogen-bond acceptors (Lipinski definition) is 5. The molecule has 198 valence electrons. The number of nitrogens with zero attached hydrogens (tertiary/aromatic N) is 1. The lowest BCUT2D eigenvalue weighted by Gasteiger charge is -2.14. The van der Waals surface area contributed by atoms with Crippen LogP contribution in [0.25, 0.3) is 27.6 Å². The number of ether oxygens (including phenoxy) is 2. The molecule has 0 radical (unpaired) electrons. The monoisotopic (exact) mass is 565 g/mol. The highest BCUT2D eigenvalue weighted by molar-refractivity contribution is 8.18. The van der Waals surface area contributed by atoms with Gasteiger partial charge < -0.3 is 9.47 Å². The molecule has 0 aromatic heterocycles. The van der Waals surface area contributed by atoms with E-state index in [1.807, 2.05) is 54.6 Å². The van der Waals surface area contributed by atoms with E-state index in [9.17, 15) is 9.59 Å². The Bertz CT molecular complexity index is 1760. The van der Waals surface area contributed by atoms with Crippen molar-refractivity contribution in [3.63, 3.8) is 0 Å². The van der Waals surface area contributed by atoms with Gasteiger partial charge in [-0.25, -0.2) is 0 Å². The van der Waals surface area contributed by atoms with Gasteiger partial charge in [0.25, 0.3) is 11.1 Å². The number of carbonyl (C=O) groups excluding carboxylic acids is 2. The first-order valence-corrected chi connectivity index (χ1v) is 14.0. The third kappa shape index (κ3) is 5.41. The second kappa shape index (κ2) is 11.5. The van der Waals surface area contributed by atoms with Crippen molar-refractivity contribution in [3.05, 3.63) is 124 Å². The van der Waals surface area contributed by atoms with Gasteiger partial charge in [-0.05, 0) is 75.3 Å². The molecule has 0 atom stereocenters. The molecule has 40 heavy (non-hydrogen) atoms. The molecule has 1 heterocycles. The summed E-state index contributed by atoms with van der Waals surface area (Å²) < 4.78 is 12.1. The van der Waals surface area contributed by atoms with Gasteiger partial charge in [-0.1, -0.05) is 84.4 Å². The maximum Gasteiger partial charge on any atom is 0.293 e. The van der Waals surface area contributed by atoms with Gasteiger partial charge in [0.15, 0.2) is 0 Å². The van der Waals surface area contributed by atoms with Gasteiger partial charge in [0.2, 0.25) is 0 Å². The zero-order chi connectivity index (χ0) is 27.5. The minimum Gasteiger partial charge on any atom is -0.492 e. The number of hydrogen-bond donors (Lipinski definition) is 0. The van der Waals surface area contributed by atoms with Crippen LogP contribution >= 0.6 is 23.4 Å². The van der Waals surface area contributed by atoms with Crippen LogP contribution in [0.15, 0.2) is 108 Å². The largest absolute Gasteiger partial charge is 0.492 e. The minimum atomic E-state index is -0.345. The van der Waals surface area contributed by atoms with Crippen LogP contribution in [-0.4, -0.2) is 29.2 Å². The van der Waals surface area contributed by atoms with Crippen LogP contribution in [-0.2, 0) is 11.4 Å². The maximum atomic E-state index is 13.3. The fraction of sp³-hybridized carbons (Fsp3) is 0.0909. The lowest BCUT2D eigenvalue weighted by atomic mass is 10.0. The molecule has 0 saturated carbocycles. The molecule has 0 bridgehead atoms. The quantitative estimate of drug-likeness (QED) is 0.177. The Labute approximate surface area is 241 Å². The second-order valence-electron chi connectivity index (χ2n) is 9.26. The van der Waals surface area contributed by atoms with Crippen molar-refractivity contribution in [1.29, 1.82) is 0 Å². The van der Waals surface area contributed by atoms with Gasteiger partial charge in [-0.15, -0.1) is 0 Å². The van der Waals surface area contributed by atoms with Crippen molar-refractivity contribution < 1.29 is 19.1 Å². The molecule has 1 aliphatic heterocycles. The molecule has 5 aromatic carbocycles. The fourth-order valence-electron chi connectivity index (χ4n) is 4.73. The van der Waals surface area contributed by atoms with E-state index in [0.717, 1.165) is 44.4 Å². The van der Waals surface area contributed by atoms with E-state index >= 15 is 0 Å². The molecule has 1 fully saturated rings. The Morgan fingerprint density at radius 3 is 2.25 bits per heavy atom. The predicted octanol–water partition coefficient (Wildman–Crippen LogP) is 8.34. The normalized spacial score (nSPS) is 14.4. The minimum absolute atomic E-state index is 0.143. The topological polar surface area (TPSA) is 55.8 Å². The first-order valence-electron chi connectivity index (χ1n) is 12.8. The summed E-state index contributed by atoms with van der Waals surface area (Å²) in [5.41, 5.74) is 1.83. The molecule has 5 nitrogen and oxygen atoms in total. The molecular formula is C33H24ClNO4S. The summed E-state index contributed by atoms with van der Waals surface area (Å²) in [6, 6.07) is 33.2.